The molecule has 29 heavy (non-hydrogen) atoms. The van der Waals surface area contributed by atoms with E-state index in [0.29, 0.717) is 5.89 Å². The van der Waals surface area contributed by atoms with Gasteiger partial charge in [0.15, 0.2) is 5.69 Å². The third-order valence-electron chi connectivity index (χ3n) is 6.07. The zero-order valence-corrected chi connectivity index (χ0v) is 17.2. The quantitative estimate of drug-likeness (QED) is 0.758. The fourth-order valence-corrected chi connectivity index (χ4v) is 4.35. The number of nitrogens with zero attached hydrogens (tertiary/aromatic N) is 1. The number of hydrogen-bond acceptors (Lipinski definition) is 4. The summed E-state index contributed by atoms with van der Waals surface area (Å²) in [6, 6.07) is 5.71. The summed E-state index contributed by atoms with van der Waals surface area (Å²) in [5.74, 6) is 0.317. The van der Waals surface area contributed by atoms with E-state index in [1.54, 1.807) is 0 Å². The Hall–Kier alpha value is -2.63. The molecule has 2 amide bonds. The zero-order chi connectivity index (χ0) is 20.4. The number of aromatic nitrogens is 1. The topological polar surface area (TPSA) is 84.2 Å². The standard InChI is InChI=1S/C23H29N3O3/c1-14(2)20(26-21(27)16-6-3-4-7-16)23-25-19(13-29-23)22(28)24-18-11-10-15-8-5-9-17(15)12-18/h10-14,16,20H,3-9H2,1-2H3,(H,24,28)(H,26,27)/t20-/m0/s1. The van der Waals surface area contributed by atoms with Crippen LogP contribution in [0.3, 0.4) is 0 Å². The molecule has 0 radical (unpaired) electrons. The second-order valence-corrected chi connectivity index (χ2v) is 8.57. The monoisotopic (exact) mass is 395 g/mol. The fraction of sp³-hybridized carbons (Fsp3) is 0.522. The molecule has 6 nitrogen and oxygen atoms in total. The molecule has 1 fully saturated rings. The molecule has 2 aromatic rings. The van der Waals surface area contributed by atoms with Crippen molar-refractivity contribution in [3.8, 4) is 0 Å². The molecule has 1 saturated carbocycles. The molecular weight excluding hydrogens is 366 g/mol. The van der Waals surface area contributed by atoms with Crippen LogP contribution in [0.1, 0.15) is 79.5 Å². The van der Waals surface area contributed by atoms with E-state index in [-0.39, 0.29) is 35.4 Å². The SMILES string of the molecule is CC(C)[C@H](NC(=O)C1CCCC1)c1nc(C(=O)Nc2ccc3c(c2)CCC3)co1. The minimum atomic E-state index is -0.343. The van der Waals surface area contributed by atoms with E-state index in [1.807, 2.05) is 26.0 Å². The Bertz CT molecular complexity index is 897. The maximum atomic E-state index is 12.6. The van der Waals surface area contributed by atoms with Crippen LogP contribution in [-0.2, 0) is 17.6 Å². The number of carbonyl (C=O) groups excluding carboxylic acids is 2. The molecule has 0 spiro atoms. The molecule has 154 valence electrons. The fourth-order valence-electron chi connectivity index (χ4n) is 4.35. The van der Waals surface area contributed by atoms with Crippen LogP contribution in [-0.4, -0.2) is 16.8 Å². The van der Waals surface area contributed by atoms with Crippen molar-refractivity contribution in [3.63, 3.8) is 0 Å². The maximum Gasteiger partial charge on any atom is 0.277 e. The normalized spacial score (nSPS) is 17.3. The summed E-state index contributed by atoms with van der Waals surface area (Å²) >= 11 is 0. The summed E-state index contributed by atoms with van der Waals surface area (Å²) in [5, 5.41) is 5.98. The van der Waals surface area contributed by atoms with E-state index >= 15 is 0 Å². The van der Waals surface area contributed by atoms with Crippen molar-refractivity contribution in [2.75, 3.05) is 5.32 Å². The summed E-state index contributed by atoms with van der Waals surface area (Å²) in [7, 11) is 0. The first-order chi connectivity index (χ1) is 14.0. The zero-order valence-electron chi connectivity index (χ0n) is 17.2. The number of carbonyl (C=O) groups is 2. The number of rotatable bonds is 6. The maximum absolute atomic E-state index is 12.6. The van der Waals surface area contributed by atoms with Crippen LogP contribution in [0.25, 0.3) is 0 Å². The first-order valence-electron chi connectivity index (χ1n) is 10.7. The Labute approximate surface area is 171 Å². The van der Waals surface area contributed by atoms with Gasteiger partial charge in [-0.2, -0.15) is 0 Å². The van der Waals surface area contributed by atoms with Crippen LogP contribution < -0.4 is 10.6 Å². The number of aryl methyl sites for hydroxylation is 2. The van der Waals surface area contributed by atoms with Gasteiger partial charge >= 0.3 is 0 Å². The molecule has 1 aromatic heterocycles. The second-order valence-electron chi connectivity index (χ2n) is 8.57. The van der Waals surface area contributed by atoms with E-state index < -0.39 is 0 Å². The highest BCUT2D eigenvalue weighted by molar-refractivity contribution is 6.02. The Morgan fingerprint density at radius 3 is 2.62 bits per heavy atom. The van der Waals surface area contributed by atoms with Gasteiger partial charge in [0.2, 0.25) is 11.8 Å². The van der Waals surface area contributed by atoms with E-state index in [4.69, 9.17) is 4.42 Å². The van der Waals surface area contributed by atoms with Gasteiger partial charge in [-0.1, -0.05) is 32.8 Å². The molecule has 0 unspecified atom stereocenters. The van der Waals surface area contributed by atoms with Crippen molar-refractivity contribution in [1.29, 1.82) is 0 Å². The molecule has 1 heterocycles. The molecule has 1 aromatic carbocycles. The molecule has 1 atom stereocenters. The van der Waals surface area contributed by atoms with Crippen LogP contribution in [0.5, 0.6) is 0 Å². The molecule has 2 N–H and O–H groups in total. The van der Waals surface area contributed by atoms with Crippen molar-refractivity contribution in [1.82, 2.24) is 10.3 Å². The molecule has 2 aliphatic rings. The van der Waals surface area contributed by atoms with Gasteiger partial charge in [-0.15, -0.1) is 0 Å². The lowest BCUT2D eigenvalue weighted by molar-refractivity contribution is -0.126. The minimum absolute atomic E-state index is 0.0588. The molecule has 4 rings (SSSR count). The summed E-state index contributed by atoms with van der Waals surface area (Å²) in [6.07, 6.45) is 8.81. The van der Waals surface area contributed by atoms with Crippen molar-refractivity contribution in [2.24, 2.45) is 11.8 Å². The van der Waals surface area contributed by atoms with Gasteiger partial charge in [-0.05, 0) is 61.3 Å². The average molecular weight is 396 g/mol. The number of nitrogens with one attached hydrogen (secondary N) is 2. The third-order valence-corrected chi connectivity index (χ3v) is 6.07. The van der Waals surface area contributed by atoms with Gasteiger partial charge in [-0.3, -0.25) is 9.59 Å². The van der Waals surface area contributed by atoms with E-state index in [0.717, 1.165) is 44.2 Å². The van der Waals surface area contributed by atoms with Crippen LogP contribution in [0.15, 0.2) is 28.9 Å². The predicted octanol–water partition coefficient (Wildman–Crippen LogP) is 4.42. The number of fused-ring (bicyclic) bond motifs is 1. The largest absolute Gasteiger partial charge is 0.446 e. The van der Waals surface area contributed by atoms with E-state index in [9.17, 15) is 9.59 Å². The van der Waals surface area contributed by atoms with Gasteiger partial charge in [0.25, 0.3) is 5.91 Å². The Kier molecular flexibility index (Phi) is 5.69. The number of anilines is 1. The Morgan fingerprint density at radius 1 is 1.10 bits per heavy atom. The highest BCUT2D eigenvalue weighted by Crippen LogP contribution is 2.28. The van der Waals surface area contributed by atoms with Crippen molar-refractivity contribution >= 4 is 17.5 Å². The van der Waals surface area contributed by atoms with Gasteiger partial charge in [0.05, 0.1) is 0 Å². The van der Waals surface area contributed by atoms with Crippen LogP contribution in [0, 0.1) is 11.8 Å². The summed E-state index contributed by atoms with van der Waals surface area (Å²) in [6.45, 7) is 4.02. The van der Waals surface area contributed by atoms with Gasteiger partial charge in [-0.25, -0.2) is 4.98 Å². The van der Waals surface area contributed by atoms with Crippen LogP contribution in [0.4, 0.5) is 5.69 Å². The highest BCUT2D eigenvalue weighted by atomic mass is 16.3. The second kappa shape index (κ2) is 8.39. The average Bonchev–Trinajstić information content (AvgIpc) is 3.46. The van der Waals surface area contributed by atoms with Crippen molar-refractivity contribution in [2.45, 2.75) is 64.8 Å². The number of amides is 2. The van der Waals surface area contributed by atoms with Gasteiger partial charge < -0.3 is 15.1 Å². The lowest BCUT2D eigenvalue weighted by atomic mass is 10.0. The van der Waals surface area contributed by atoms with Crippen LogP contribution in [0.2, 0.25) is 0 Å². The first kappa shape index (κ1) is 19.7. The number of hydrogen-bond donors (Lipinski definition) is 2. The molecule has 0 bridgehead atoms. The van der Waals surface area contributed by atoms with Gasteiger partial charge in [0.1, 0.15) is 12.3 Å². The van der Waals surface area contributed by atoms with Crippen molar-refractivity contribution in [3.05, 3.63) is 47.2 Å². The highest BCUT2D eigenvalue weighted by Gasteiger charge is 2.29. The Morgan fingerprint density at radius 2 is 1.86 bits per heavy atom. The molecule has 0 saturated heterocycles. The predicted molar refractivity (Wildman–Crippen MR) is 111 cm³/mol. The summed E-state index contributed by atoms with van der Waals surface area (Å²) in [4.78, 5) is 29.6. The molecular formula is C23H29N3O3. The lowest BCUT2D eigenvalue weighted by Crippen LogP contribution is -2.35. The van der Waals surface area contributed by atoms with Crippen LogP contribution >= 0.6 is 0 Å². The molecule has 0 aliphatic heterocycles. The van der Waals surface area contributed by atoms with Crippen molar-refractivity contribution < 1.29 is 14.0 Å². The Balaban J connectivity index is 1.44. The summed E-state index contributed by atoms with van der Waals surface area (Å²) in [5.41, 5.74) is 3.67. The van der Waals surface area contributed by atoms with Gasteiger partial charge in [0, 0.05) is 11.6 Å². The number of benzene rings is 1. The van der Waals surface area contributed by atoms with E-state index in [1.165, 1.54) is 23.8 Å². The lowest BCUT2D eigenvalue weighted by Gasteiger charge is -2.21. The van der Waals surface area contributed by atoms with E-state index in [2.05, 4.69) is 21.7 Å². The minimum Gasteiger partial charge on any atom is -0.446 e. The smallest absolute Gasteiger partial charge is 0.277 e. The summed E-state index contributed by atoms with van der Waals surface area (Å²) < 4.78 is 5.60. The first-order valence-corrected chi connectivity index (χ1v) is 10.7. The molecule has 2 aliphatic carbocycles. The number of oxazole rings is 1. The third kappa shape index (κ3) is 4.36. The molecule has 6 heteroatoms.